The van der Waals surface area contributed by atoms with Crippen molar-refractivity contribution in [3.63, 3.8) is 0 Å². The first kappa shape index (κ1) is 18.9. The van der Waals surface area contributed by atoms with Crippen LogP contribution in [-0.2, 0) is 17.8 Å². The first-order chi connectivity index (χ1) is 12.7. The summed E-state index contributed by atoms with van der Waals surface area (Å²) in [6, 6.07) is 7.88. The zero-order valence-corrected chi connectivity index (χ0v) is 16.1. The van der Waals surface area contributed by atoms with Crippen LogP contribution in [0.25, 0.3) is 0 Å². The molecule has 2 amide bonds. The number of ether oxygens (including phenoxy) is 1. The smallest absolute Gasteiger partial charge is 0.318 e. The number of hydrogen-bond donors (Lipinski definition) is 1. The fraction of sp³-hybridized carbons (Fsp3) is 0.526. The number of amides is 2. The lowest BCUT2D eigenvalue weighted by molar-refractivity contribution is 0.0375. The summed E-state index contributed by atoms with van der Waals surface area (Å²) in [7, 11) is 0. The molecule has 0 bridgehead atoms. The van der Waals surface area contributed by atoms with Gasteiger partial charge in [0.15, 0.2) is 0 Å². The van der Waals surface area contributed by atoms with Crippen LogP contribution in [0.5, 0.6) is 0 Å². The van der Waals surface area contributed by atoms with E-state index in [1.165, 1.54) is 9.75 Å². The lowest BCUT2D eigenvalue weighted by atomic mass is 10.3. The van der Waals surface area contributed by atoms with Gasteiger partial charge in [-0.2, -0.15) is 0 Å². The molecule has 26 heavy (non-hydrogen) atoms. The molecule has 2 aromatic heterocycles. The van der Waals surface area contributed by atoms with Gasteiger partial charge >= 0.3 is 6.03 Å². The van der Waals surface area contributed by atoms with Crippen LogP contribution in [0.3, 0.4) is 0 Å². The number of aryl methyl sites for hydroxylation is 1. The Morgan fingerprint density at radius 1 is 1.27 bits per heavy atom. The number of carbonyl (C=O) groups is 1. The molecular formula is C19H27N3O3S. The van der Waals surface area contributed by atoms with Crippen LogP contribution in [0.2, 0.25) is 0 Å². The first-order valence-electron chi connectivity index (χ1n) is 9.11. The van der Waals surface area contributed by atoms with Gasteiger partial charge in [0.25, 0.3) is 0 Å². The zero-order chi connectivity index (χ0) is 18.2. The number of morpholine rings is 1. The van der Waals surface area contributed by atoms with Crippen LogP contribution >= 0.6 is 11.3 Å². The van der Waals surface area contributed by atoms with E-state index in [1.807, 2.05) is 12.1 Å². The zero-order valence-electron chi connectivity index (χ0n) is 15.3. The van der Waals surface area contributed by atoms with Crippen LogP contribution in [0, 0.1) is 6.92 Å². The number of carbonyl (C=O) groups excluding carboxylic acids is 1. The maximum atomic E-state index is 12.7. The van der Waals surface area contributed by atoms with Crippen molar-refractivity contribution < 1.29 is 13.9 Å². The third-order valence-electron chi connectivity index (χ3n) is 4.39. The number of rotatable bonds is 8. The first-order valence-corrected chi connectivity index (χ1v) is 9.93. The van der Waals surface area contributed by atoms with Gasteiger partial charge in [0, 0.05) is 29.4 Å². The Kier molecular flexibility index (Phi) is 7.11. The quantitative estimate of drug-likeness (QED) is 0.718. The third-order valence-corrected chi connectivity index (χ3v) is 5.37. The highest BCUT2D eigenvalue weighted by atomic mass is 32.1. The van der Waals surface area contributed by atoms with E-state index in [2.05, 4.69) is 29.3 Å². The SMILES string of the molecule is Cc1ccc(CN(Cc2ccco2)C(=O)NCCCN2CCOCC2)s1. The molecule has 1 aliphatic rings. The van der Waals surface area contributed by atoms with Crippen LogP contribution in [0.4, 0.5) is 4.79 Å². The summed E-state index contributed by atoms with van der Waals surface area (Å²) in [6.07, 6.45) is 2.58. The molecule has 0 spiro atoms. The second kappa shape index (κ2) is 9.75. The Balaban J connectivity index is 1.48. The Labute approximate surface area is 158 Å². The lowest BCUT2D eigenvalue weighted by Gasteiger charge is -2.26. The van der Waals surface area contributed by atoms with E-state index in [9.17, 15) is 4.79 Å². The molecule has 0 aromatic carbocycles. The molecule has 142 valence electrons. The van der Waals surface area contributed by atoms with Crippen molar-refractivity contribution >= 4 is 17.4 Å². The molecule has 6 nitrogen and oxygen atoms in total. The highest BCUT2D eigenvalue weighted by Gasteiger charge is 2.17. The summed E-state index contributed by atoms with van der Waals surface area (Å²) in [5.41, 5.74) is 0. The fourth-order valence-electron chi connectivity index (χ4n) is 2.98. The topological polar surface area (TPSA) is 58.0 Å². The molecule has 1 fully saturated rings. The number of nitrogens with one attached hydrogen (secondary N) is 1. The summed E-state index contributed by atoms with van der Waals surface area (Å²) < 4.78 is 10.8. The normalized spacial score (nSPS) is 15.1. The summed E-state index contributed by atoms with van der Waals surface area (Å²) in [5, 5.41) is 3.05. The van der Waals surface area contributed by atoms with Crippen LogP contribution in [0.1, 0.15) is 21.9 Å². The summed E-state index contributed by atoms with van der Waals surface area (Å²) >= 11 is 1.72. The Morgan fingerprint density at radius 2 is 2.12 bits per heavy atom. The monoisotopic (exact) mass is 377 g/mol. The highest BCUT2D eigenvalue weighted by Crippen LogP contribution is 2.18. The summed E-state index contributed by atoms with van der Waals surface area (Å²) in [6.45, 7) is 8.39. The molecule has 0 saturated carbocycles. The average molecular weight is 378 g/mol. The van der Waals surface area contributed by atoms with Crippen LogP contribution < -0.4 is 5.32 Å². The molecule has 1 aliphatic heterocycles. The van der Waals surface area contributed by atoms with Crippen molar-refractivity contribution in [1.82, 2.24) is 15.1 Å². The van der Waals surface area contributed by atoms with E-state index < -0.39 is 0 Å². The van der Waals surface area contributed by atoms with Gasteiger partial charge in [0.1, 0.15) is 5.76 Å². The predicted molar refractivity (Wildman–Crippen MR) is 102 cm³/mol. The molecule has 0 atom stereocenters. The van der Waals surface area contributed by atoms with Gasteiger partial charge in [-0.1, -0.05) is 0 Å². The van der Waals surface area contributed by atoms with E-state index in [4.69, 9.17) is 9.15 Å². The molecule has 7 heteroatoms. The van der Waals surface area contributed by atoms with Gasteiger partial charge in [-0.25, -0.2) is 4.79 Å². The van der Waals surface area contributed by atoms with Crippen molar-refractivity contribution in [2.45, 2.75) is 26.4 Å². The van der Waals surface area contributed by atoms with E-state index in [1.54, 1.807) is 22.5 Å². The van der Waals surface area contributed by atoms with Gasteiger partial charge in [-0.15, -0.1) is 11.3 Å². The van der Waals surface area contributed by atoms with Crippen molar-refractivity contribution in [2.24, 2.45) is 0 Å². The maximum absolute atomic E-state index is 12.7. The standard InChI is InChI=1S/C19H27N3O3S/c1-16-5-6-18(26-16)15-22(14-17-4-2-11-25-17)19(23)20-7-3-8-21-9-12-24-13-10-21/h2,4-6,11H,3,7-10,12-15H2,1H3,(H,20,23). The number of thiophene rings is 1. The third kappa shape index (κ3) is 5.86. The van der Waals surface area contributed by atoms with Gasteiger partial charge in [0.2, 0.25) is 0 Å². The van der Waals surface area contributed by atoms with E-state index >= 15 is 0 Å². The van der Waals surface area contributed by atoms with Crippen molar-refractivity contribution in [3.05, 3.63) is 46.0 Å². The average Bonchev–Trinajstić information content (AvgIpc) is 3.31. The van der Waals surface area contributed by atoms with Crippen molar-refractivity contribution in [2.75, 3.05) is 39.4 Å². The summed E-state index contributed by atoms with van der Waals surface area (Å²) in [4.78, 5) is 19.3. The van der Waals surface area contributed by atoms with Gasteiger partial charge in [-0.3, -0.25) is 4.90 Å². The molecule has 3 rings (SSSR count). The molecule has 0 unspecified atom stereocenters. The molecule has 3 heterocycles. The summed E-state index contributed by atoms with van der Waals surface area (Å²) in [5.74, 6) is 0.793. The molecular weight excluding hydrogens is 350 g/mol. The second-order valence-corrected chi connectivity index (χ2v) is 7.86. The van der Waals surface area contributed by atoms with E-state index in [0.717, 1.165) is 45.0 Å². The van der Waals surface area contributed by atoms with Crippen LogP contribution in [-0.4, -0.2) is 55.2 Å². The molecule has 0 radical (unpaired) electrons. The predicted octanol–water partition coefficient (Wildman–Crippen LogP) is 3.08. The molecule has 0 aliphatic carbocycles. The van der Waals surface area contributed by atoms with Gasteiger partial charge < -0.3 is 19.4 Å². The van der Waals surface area contributed by atoms with Crippen molar-refractivity contribution in [3.8, 4) is 0 Å². The largest absolute Gasteiger partial charge is 0.467 e. The maximum Gasteiger partial charge on any atom is 0.318 e. The lowest BCUT2D eigenvalue weighted by Crippen LogP contribution is -2.41. The van der Waals surface area contributed by atoms with E-state index in [-0.39, 0.29) is 6.03 Å². The highest BCUT2D eigenvalue weighted by molar-refractivity contribution is 7.11. The Morgan fingerprint density at radius 3 is 2.81 bits per heavy atom. The fourth-order valence-corrected chi connectivity index (χ4v) is 3.89. The van der Waals surface area contributed by atoms with Crippen molar-refractivity contribution in [1.29, 1.82) is 0 Å². The van der Waals surface area contributed by atoms with E-state index in [0.29, 0.717) is 19.6 Å². The molecule has 2 aromatic rings. The number of nitrogens with zero attached hydrogens (tertiary/aromatic N) is 2. The van der Waals surface area contributed by atoms with Gasteiger partial charge in [0.05, 0.1) is 32.6 Å². The van der Waals surface area contributed by atoms with Crippen LogP contribution in [0.15, 0.2) is 34.9 Å². The minimum atomic E-state index is -0.0468. The second-order valence-electron chi connectivity index (χ2n) is 6.49. The molecule has 1 saturated heterocycles. The Bertz CT molecular complexity index is 665. The number of hydrogen-bond acceptors (Lipinski definition) is 5. The van der Waals surface area contributed by atoms with Gasteiger partial charge in [-0.05, 0) is 44.2 Å². The Hall–Kier alpha value is -1.83. The molecule has 1 N–H and O–H groups in total. The minimum absolute atomic E-state index is 0.0468. The number of urea groups is 1. The minimum Gasteiger partial charge on any atom is -0.467 e. The number of furan rings is 1.